The molecule has 4 aromatic carbocycles. The minimum atomic E-state index is -2.97. The van der Waals surface area contributed by atoms with E-state index in [0.717, 1.165) is 27.8 Å². The summed E-state index contributed by atoms with van der Waals surface area (Å²) >= 11 is 0. The molecule has 0 spiro atoms. The number of carbonyl (C=O) groups is 1. The first-order valence-electron chi connectivity index (χ1n) is 12.2. The van der Waals surface area contributed by atoms with Gasteiger partial charge in [-0.2, -0.15) is 5.26 Å². The highest BCUT2D eigenvalue weighted by molar-refractivity contribution is 6.75. The van der Waals surface area contributed by atoms with Crippen LogP contribution in [0.2, 0.25) is 0 Å². The van der Waals surface area contributed by atoms with Crippen LogP contribution < -0.4 is 15.4 Å². The zero-order valence-corrected chi connectivity index (χ0v) is 23.0. The summed E-state index contributed by atoms with van der Waals surface area (Å²) in [5.74, 6) is -0.502. The van der Waals surface area contributed by atoms with Crippen molar-refractivity contribution < 1.29 is 18.1 Å². The fourth-order valence-electron chi connectivity index (χ4n) is 4.20. The Balaban J connectivity index is 1.53. The number of anilines is 4. The first kappa shape index (κ1) is 27.5. The van der Waals surface area contributed by atoms with Gasteiger partial charge in [-0.1, -0.05) is 60.7 Å². The monoisotopic (exact) mass is 535 g/mol. The van der Waals surface area contributed by atoms with Crippen molar-refractivity contribution in [2.45, 2.75) is 0 Å². The molecule has 1 amide bonds. The first-order valence-corrected chi connectivity index (χ1v) is 14.0. The summed E-state index contributed by atoms with van der Waals surface area (Å²) in [6.45, 7) is 0. The van der Waals surface area contributed by atoms with Crippen molar-refractivity contribution in [3.63, 3.8) is 0 Å². The molecule has 196 valence electrons. The van der Waals surface area contributed by atoms with Gasteiger partial charge in [0, 0.05) is 49.3 Å². The van der Waals surface area contributed by atoms with E-state index in [1.807, 2.05) is 91.0 Å². The van der Waals surface area contributed by atoms with Gasteiger partial charge in [0.2, 0.25) is 0 Å². The number of para-hydroxylation sites is 2. The lowest BCUT2D eigenvalue weighted by molar-refractivity contribution is -0.112. The van der Waals surface area contributed by atoms with Crippen LogP contribution in [0.5, 0.6) is 0 Å². The highest BCUT2D eigenvalue weighted by Gasteiger charge is 2.40. The molecule has 7 nitrogen and oxygen atoms in total. The molecule has 0 heterocycles. The van der Waals surface area contributed by atoms with Crippen LogP contribution in [0.3, 0.4) is 0 Å². The van der Waals surface area contributed by atoms with Gasteiger partial charge >= 0.3 is 8.80 Å². The normalized spacial score (nSPS) is 11.5. The van der Waals surface area contributed by atoms with E-state index < -0.39 is 14.7 Å². The highest BCUT2D eigenvalue weighted by Crippen LogP contribution is 2.34. The van der Waals surface area contributed by atoms with Crippen LogP contribution in [0.4, 0.5) is 22.7 Å². The summed E-state index contributed by atoms with van der Waals surface area (Å²) in [6.07, 6.45) is 1.57. The molecule has 0 atom stereocenters. The third-order valence-electron chi connectivity index (χ3n) is 6.16. The molecule has 0 aliphatic heterocycles. The Labute approximate surface area is 229 Å². The predicted molar refractivity (Wildman–Crippen MR) is 156 cm³/mol. The molecule has 4 rings (SSSR count). The molecule has 1 N–H and O–H groups in total. The first-order chi connectivity index (χ1) is 19.0. The van der Waals surface area contributed by atoms with Gasteiger partial charge in [0.05, 0.1) is 0 Å². The minimum absolute atomic E-state index is 0.0100. The number of nitriles is 1. The lowest BCUT2D eigenvalue weighted by Crippen LogP contribution is -2.54. The van der Waals surface area contributed by atoms with Crippen molar-refractivity contribution in [3.05, 3.63) is 120 Å². The van der Waals surface area contributed by atoms with E-state index in [-0.39, 0.29) is 5.57 Å². The van der Waals surface area contributed by atoms with E-state index in [4.69, 9.17) is 13.3 Å². The Morgan fingerprint density at radius 2 is 1.23 bits per heavy atom. The van der Waals surface area contributed by atoms with Crippen LogP contribution in [-0.2, 0) is 18.1 Å². The number of amides is 1. The van der Waals surface area contributed by atoms with Gasteiger partial charge in [-0.15, -0.1) is 0 Å². The third-order valence-corrected chi connectivity index (χ3v) is 8.81. The molecule has 0 radical (unpaired) electrons. The fraction of sp³-hybridized carbons (Fsp3) is 0.0968. The quantitative estimate of drug-likeness (QED) is 0.157. The van der Waals surface area contributed by atoms with Crippen LogP contribution >= 0.6 is 0 Å². The summed E-state index contributed by atoms with van der Waals surface area (Å²) in [6, 6.07) is 36.9. The molecule has 0 saturated carbocycles. The van der Waals surface area contributed by atoms with Crippen molar-refractivity contribution in [2.24, 2.45) is 0 Å². The minimum Gasteiger partial charge on any atom is -0.373 e. The van der Waals surface area contributed by atoms with Gasteiger partial charge in [0.1, 0.15) is 11.6 Å². The molecule has 39 heavy (non-hydrogen) atoms. The van der Waals surface area contributed by atoms with Crippen molar-refractivity contribution in [2.75, 3.05) is 31.5 Å². The number of nitrogens with one attached hydrogen (secondary N) is 1. The summed E-state index contributed by atoms with van der Waals surface area (Å²) in [7, 11) is 1.63. The van der Waals surface area contributed by atoms with Gasteiger partial charge < -0.3 is 23.5 Å². The van der Waals surface area contributed by atoms with Crippen molar-refractivity contribution in [1.82, 2.24) is 0 Å². The number of benzene rings is 4. The maximum atomic E-state index is 12.9. The zero-order chi connectivity index (χ0) is 27.7. The smallest absolute Gasteiger partial charge is 0.373 e. The summed E-state index contributed by atoms with van der Waals surface area (Å²) in [5, 5.41) is 13.2. The number of hydrogen-bond acceptors (Lipinski definition) is 6. The number of nitrogens with zero attached hydrogens (tertiary/aromatic N) is 2. The average molecular weight is 536 g/mol. The molecule has 0 aromatic heterocycles. The van der Waals surface area contributed by atoms with E-state index >= 15 is 0 Å². The molecule has 0 fully saturated rings. The second-order valence-corrected chi connectivity index (χ2v) is 11.4. The Bertz CT molecular complexity index is 1400. The maximum Gasteiger partial charge on any atom is 0.536 e. The number of rotatable bonds is 10. The molecule has 0 aliphatic carbocycles. The van der Waals surface area contributed by atoms with Gasteiger partial charge in [-0.3, -0.25) is 4.79 Å². The van der Waals surface area contributed by atoms with Crippen LogP contribution in [0.25, 0.3) is 6.08 Å². The Kier molecular flexibility index (Phi) is 9.04. The molecule has 0 saturated heterocycles. The molecule has 0 unspecified atom stereocenters. The lowest BCUT2D eigenvalue weighted by Gasteiger charge is -2.25. The predicted octanol–water partition coefficient (Wildman–Crippen LogP) is 5.79. The average Bonchev–Trinajstić information content (AvgIpc) is 3.00. The van der Waals surface area contributed by atoms with E-state index in [1.165, 1.54) is 21.3 Å². The largest absolute Gasteiger partial charge is 0.536 e. The molecule has 0 bridgehead atoms. The van der Waals surface area contributed by atoms with Gasteiger partial charge in [0.25, 0.3) is 5.91 Å². The number of carbonyl (C=O) groups excluding carboxylic acids is 1. The summed E-state index contributed by atoms with van der Waals surface area (Å²) in [5.41, 5.74) is 4.26. The van der Waals surface area contributed by atoms with Crippen LogP contribution in [-0.4, -0.2) is 36.0 Å². The van der Waals surface area contributed by atoms with Gasteiger partial charge in [-0.05, 0) is 60.2 Å². The molecular weight excluding hydrogens is 506 g/mol. The Hall–Kier alpha value is -4.52. The SMILES string of the molecule is CO[Si](OC)(OC)c1ccc(NC(=O)/C(C#N)=C/c2ccc(N(c3ccccc3)c3ccccc3)cc2)cc1. The Morgan fingerprint density at radius 1 is 0.744 bits per heavy atom. The van der Waals surface area contributed by atoms with Crippen molar-refractivity contribution in [3.8, 4) is 6.07 Å². The van der Waals surface area contributed by atoms with Gasteiger partial charge in [0.15, 0.2) is 0 Å². The lowest BCUT2D eigenvalue weighted by atomic mass is 10.1. The van der Waals surface area contributed by atoms with E-state index in [1.54, 1.807) is 30.3 Å². The Morgan fingerprint density at radius 3 is 1.69 bits per heavy atom. The van der Waals surface area contributed by atoms with Crippen molar-refractivity contribution in [1.29, 1.82) is 5.26 Å². The summed E-state index contributed by atoms with van der Waals surface area (Å²) < 4.78 is 16.5. The zero-order valence-electron chi connectivity index (χ0n) is 22.0. The standard InChI is InChI=1S/C31H29N3O4Si/c1-36-39(37-2,38-3)30-20-16-26(17-21-30)33-31(35)25(23-32)22-24-14-18-29(19-15-24)34(27-10-6-4-7-11-27)28-12-8-5-9-13-28/h4-22H,1-3H3,(H,33,35)/b25-22+. The highest BCUT2D eigenvalue weighted by atomic mass is 28.4. The van der Waals surface area contributed by atoms with Crippen molar-refractivity contribution >= 4 is 48.7 Å². The molecule has 8 heteroatoms. The van der Waals surface area contributed by atoms with E-state index in [2.05, 4.69) is 10.2 Å². The second-order valence-electron chi connectivity index (χ2n) is 8.47. The van der Waals surface area contributed by atoms with Crippen LogP contribution in [0, 0.1) is 11.3 Å². The van der Waals surface area contributed by atoms with Gasteiger partial charge in [-0.25, -0.2) is 0 Å². The van der Waals surface area contributed by atoms with Crippen LogP contribution in [0.15, 0.2) is 115 Å². The summed E-state index contributed by atoms with van der Waals surface area (Å²) in [4.78, 5) is 15.0. The maximum absolute atomic E-state index is 12.9. The molecule has 4 aromatic rings. The molecular formula is C31H29N3O4Si. The van der Waals surface area contributed by atoms with Crippen LogP contribution in [0.1, 0.15) is 5.56 Å². The number of hydrogen-bond donors (Lipinski definition) is 1. The third kappa shape index (κ3) is 6.31. The van der Waals surface area contributed by atoms with E-state index in [9.17, 15) is 10.1 Å². The molecule has 0 aliphatic rings. The fourth-order valence-corrected chi connectivity index (χ4v) is 5.98. The topological polar surface area (TPSA) is 83.8 Å². The van der Waals surface area contributed by atoms with E-state index in [0.29, 0.717) is 5.69 Å². The second kappa shape index (κ2) is 12.8.